The van der Waals surface area contributed by atoms with E-state index in [2.05, 4.69) is 29.2 Å². The molecule has 0 aromatic rings. The highest BCUT2D eigenvalue weighted by molar-refractivity contribution is 5.79. The van der Waals surface area contributed by atoms with E-state index < -0.39 is 0 Å². The van der Waals surface area contributed by atoms with E-state index in [0.717, 1.165) is 44.9 Å². The first-order valence-corrected chi connectivity index (χ1v) is 5.96. The van der Waals surface area contributed by atoms with Gasteiger partial charge in [0.1, 0.15) is 0 Å². The summed E-state index contributed by atoms with van der Waals surface area (Å²) in [7, 11) is 1.77. The lowest BCUT2D eigenvalue weighted by Crippen LogP contribution is -2.54. The highest BCUT2D eigenvalue weighted by Gasteiger charge is 2.31. The third kappa shape index (κ3) is 3.35. The molecule has 0 spiro atoms. The topological polar surface area (TPSA) is 62.9 Å². The summed E-state index contributed by atoms with van der Waals surface area (Å²) in [5.41, 5.74) is 2.61. The minimum absolute atomic E-state index is 0.0813. The molecule has 0 aliphatic carbocycles. The Kier molecular flexibility index (Phi) is 5.02. The van der Waals surface area contributed by atoms with E-state index in [1.165, 1.54) is 0 Å². The highest BCUT2D eigenvalue weighted by Crippen LogP contribution is 2.23. The summed E-state index contributed by atoms with van der Waals surface area (Å²) >= 11 is 0. The van der Waals surface area contributed by atoms with Crippen LogP contribution in [0.3, 0.4) is 0 Å². The molecule has 5 heteroatoms. The van der Waals surface area contributed by atoms with Crippen LogP contribution in [0.2, 0.25) is 0 Å². The van der Waals surface area contributed by atoms with Gasteiger partial charge < -0.3 is 9.64 Å². The van der Waals surface area contributed by atoms with Crippen molar-refractivity contribution < 1.29 is 4.74 Å². The molecule has 0 saturated carbocycles. The van der Waals surface area contributed by atoms with Gasteiger partial charge in [0, 0.05) is 26.7 Å². The Morgan fingerprint density at radius 1 is 1.62 bits per heavy atom. The normalized spacial score (nSPS) is 27.0. The van der Waals surface area contributed by atoms with Gasteiger partial charge in [-0.2, -0.15) is 0 Å². The van der Waals surface area contributed by atoms with Gasteiger partial charge in [-0.3, -0.25) is 10.4 Å². The van der Waals surface area contributed by atoms with Gasteiger partial charge in [0.2, 0.25) is 5.96 Å². The number of likely N-dealkylation sites (tertiary alicyclic amines) is 1. The second-order valence-electron chi connectivity index (χ2n) is 4.53. The van der Waals surface area contributed by atoms with Crippen LogP contribution in [-0.4, -0.2) is 43.2 Å². The molecule has 1 unspecified atom stereocenters. The van der Waals surface area contributed by atoms with Gasteiger partial charge in [-0.15, -0.1) is 0 Å². The number of guanidine groups is 1. The third-order valence-electron chi connectivity index (χ3n) is 3.07. The number of nitrogens with two attached hydrogens (primary N) is 1. The molecule has 5 nitrogen and oxygen atoms in total. The molecule has 94 valence electrons. The van der Waals surface area contributed by atoms with Crippen molar-refractivity contribution in [2.24, 2.45) is 10.8 Å². The van der Waals surface area contributed by atoms with E-state index in [4.69, 9.17) is 10.6 Å². The molecule has 3 N–H and O–H groups in total. The maximum Gasteiger partial charge on any atom is 0.208 e. The van der Waals surface area contributed by atoms with Crippen molar-refractivity contribution in [1.29, 1.82) is 0 Å². The number of hydrazine groups is 1. The van der Waals surface area contributed by atoms with Crippen molar-refractivity contribution in [1.82, 2.24) is 10.3 Å². The molecular formula is C11H24N4O. The number of rotatable bonds is 3. The zero-order chi connectivity index (χ0) is 12.0. The van der Waals surface area contributed by atoms with Gasteiger partial charge in [0.05, 0.1) is 5.60 Å². The Morgan fingerprint density at radius 2 is 2.38 bits per heavy atom. The first kappa shape index (κ1) is 13.3. The monoisotopic (exact) mass is 228 g/mol. The number of ether oxygens (including phenoxy) is 1. The molecule has 1 saturated heterocycles. The summed E-state index contributed by atoms with van der Waals surface area (Å²) in [6.45, 7) is 6.88. The number of methoxy groups -OCH3 is 1. The predicted octanol–water partition coefficient (Wildman–Crippen LogP) is 0.717. The summed E-state index contributed by atoms with van der Waals surface area (Å²) < 4.78 is 5.54. The largest absolute Gasteiger partial charge is 0.377 e. The van der Waals surface area contributed by atoms with E-state index in [0.29, 0.717) is 0 Å². The Labute approximate surface area is 98.0 Å². The van der Waals surface area contributed by atoms with Gasteiger partial charge in [-0.25, -0.2) is 5.84 Å². The van der Waals surface area contributed by atoms with E-state index in [-0.39, 0.29) is 5.60 Å². The molecule has 0 bridgehead atoms. The van der Waals surface area contributed by atoms with Crippen LogP contribution in [-0.2, 0) is 4.74 Å². The quantitative estimate of drug-likeness (QED) is 0.323. The molecule has 0 amide bonds. The molecule has 1 aliphatic rings. The lowest BCUT2D eigenvalue weighted by atomic mass is 9.95. The van der Waals surface area contributed by atoms with Gasteiger partial charge in [-0.1, -0.05) is 6.92 Å². The summed E-state index contributed by atoms with van der Waals surface area (Å²) in [6.07, 6.45) is 3.23. The molecule has 1 atom stereocenters. The fourth-order valence-electron chi connectivity index (χ4n) is 2.01. The van der Waals surface area contributed by atoms with E-state index in [1.54, 1.807) is 7.11 Å². The molecule has 1 fully saturated rings. The smallest absolute Gasteiger partial charge is 0.208 e. The van der Waals surface area contributed by atoms with Gasteiger partial charge in [0.15, 0.2) is 0 Å². The van der Waals surface area contributed by atoms with Gasteiger partial charge >= 0.3 is 0 Å². The Morgan fingerprint density at radius 3 is 2.94 bits per heavy atom. The standard InChI is InChI=1S/C11H24N4O/c1-4-7-13-10(14-12)15-8-5-6-11(2,9-15)16-3/h4-9,12H2,1-3H3,(H,13,14). The summed E-state index contributed by atoms with van der Waals surface area (Å²) in [5, 5.41) is 0. The minimum atomic E-state index is -0.0813. The number of nitrogens with zero attached hydrogens (tertiary/aromatic N) is 2. The van der Waals surface area contributed by atoms with Crippen LogP contribution >= 0.6 is 0 Å². The lowest BCUT2D eigenvalue weighted by Gasteiger charge is -2.40. The van der Waals surface area contributed by atoms with Crippen molar-refractivity contribution in [2.75, 3.05) is 26.7 Å². The number of nitrogens with one attached hydrogen (secondary N) is 1. The average Bonchev–Trinajstić information content (AvgIpc) is 2.30. The Hall–Kier alpha value is -0.810. The molecule has 0 radical (unpaired) electrons. The number of piperidine rings is 1. The molecule has 1 aliphatic heterocycles. The molecule has 0 aromatic carbocycles. The van der Waals surface area contributed by atoms with E-state index in [1.807, 2.05) is 0 Å². The summed E-state index contributed by atoms with van der Waals surface area (Å²) in [5.74, 6) is 6.29. The first-order valence-electron chi connectivity index (χ1n) is 5.96. The molecule has 1 heterocycles. The van der Waals surface area contributed by atoms with Crippen LogP contribution in [0.4, 0.5) is 0 Å². The van der Waals surface area contributed by atoms with Crippen LogP contribution in [0.1, 0.15) is 33.1 Å². The van der Waals surface area contributed by atoms with Crippen molar-refractivity contribution >= 4 is 5.96 Å². The minimum Gasteiger partial charge on any atom is -0.377 e. The molecule has 0 aromatic heterocycles. The molecule has 1 rings (SSSR count). The van der Waals surface area contributed by atoms with E-state index >= 15 is 0 Å². The van der Waals surface area contributed by atoms with Crippen molar-refractivity contribution in [3.8, 4) is 0 Å². The van der Waals surface area contributed by atoms with Gasteiger partial charge in [0.25, 0.3) is 0 Å². The SMILES string of the molecule is CCCN=C(NN)N1CCCC(C)(OC)C1. The van der Waals surface area contributed by atoms with Crippen LogP contribution in [0.25, 0.3) is 0 Å². The van der Waals surface area contributed by atoms with Crippen LogP contribution in [0.15, 0.2) is 4.99 Å². The predicted molar refractivity (Wildman–Crippen MR) is 66.1 cm³/mol. The van der Waals surface area contributed by atoms with Crippen molar-refractivity contribution in [2.45, 2.75) is 38.7 Å². The third-order valence-corrected chi connectivity index (χ3v) is 3.07. The fourth-order valence-corrected chi connectivity index (χ4v) is 2.01. The number of hydrogen-bond donors (Lipinski definition) is 2. The fraction of sp³-hybridized carbons (Fsp3) is 0.909. The summed E-state index contributed by atoms with van der Waals surface area (Å²) in [4.78, 5) is 6.60. The van der Waals surface area contributed by atoms with Crippen LogP contribution in [0, 0.1) is 0 Å². The number of aliphatic imine (C=N–C) groups is 1. The second-order valence-corrected chi connectivity index (χ2v) is 4.53. The molecule has 16 heavy (non-hydrogen) atoms. The maximum absolute atomic E-state index is 5.54. The van der Waals surface area contributed by atoms with E-state index in [9.17, 15) is 0 Å². The Bertz CT molecular complexity index is 244. The zero-order valence-corrected chi connectivity index (χ0v) is 10.6. The van der Waals surface area contributed by atoms with Crippen molar-refractivity contribution in [3.05, 3.63) is 0 Å². The van der Waals surface area contributed by atoms with Gasteiger partial charge in [-0.05, 0) is 26.2 Å². The Balaban J connectivity index is 2.64. The number of hydrogen-bond acceptors (Lipinski definition) is 3. The molecular weight excluding hydrogens is 204 g/mol. The average molecular weight is 228 g/mol. The highest BCUT2D eigenvalue weighted by atomic mass is 16.5. The maximum atomic E-state index is 5.54. The van der Waals surface area contributed by atoms with Crippen LogP contribution in [0.5, 0.6) is 0 Å². The second kappa shape index (κ2) is 6.06. The first-order chi connectivity index (χ1) is 7.65. The zero-order valence-electron chi connectivity index (χ0n) is 10.6. The lowest BCUT2D eigenvalue weighted by molar-refractivity contribution is -0.0356. The van der Waals surface area contributed by atoms with Crippen molar-refractivity contribution in [3.63, 3.8) is 0 Å². The summed E-state index contributed by atoms with van der Waals surface area (Å²) in [6, 6.07) is 0. The van der Waals surface area contributed by atoms with Crippen LogP contribution < -0.4 is 11.3 Å².